The minimum atomic E-state index is -2.17. The molecule has 0 bridgehead atoms. The van der Waals surface area contributed by atoms with Crippen molar-refractivity contribution in [2.24, 2.45) is 0 Å². The molecule has 0 aliphatic heterocycles. The van der Waals surface area contributed by atoms with Crippen molar-refractivity contribution in [3.8, 4) is 0 Å². The summed E-state index contributed by atoms with van der Waals surface area (Å²) in [7, 11) is -4.33. The summed E-state index contributed by atoms with van der Waals surface area (Å²) in [5.74, 6) is 0. The van der Waals surface area contributed by atoms with Crippen LogP contribution in [0.15, 0.2) is 0 Å². The van der Waals surface area contributed by atoms with E-state index >= 15 is 0 Å². The molecule has 0 atom stereocenters. The first kappa shape index (κ1) is 44.2. The van der Waals surface area contributed by atoms with Gasteiger partial charge in [-0.1, -0.05) is 0 Å². The molecule has 0 amide bonds. The molecule has 0 saturated carbocycles. The largest absolute Gasteiger partial charge is 0 e. The van der Waals surface area contributed by atoms with Crippen LogP contribution in [0.3, 0.4) is 0 Å². The summed E-state index contributed by atoms with van der Waals surface area (Å²) in [4.78, 5) is 0. The maximum Gasteiger partial charge on any atom is 0 e. The summed E-state index contributed by atoms with van der Waals surface area (Å²) in [5, 5.41) is 43.0. The molecule has 0 aliphatic rings. The zero-order valence-electron chi connectivity index (χ0n) is 7.37. The van der Waals surface area contributed by atoms with E-state index in [-0.39, 0.29) is 102 Å². The maximum atomic E-state index is 7.17. The first-order valence-electron chi connectivity index (χ1n) is 1.55. The van der Waals surface area contributed by atoms with Crippen LogP contribution in [0.5, 0.6) is 0 Å². The smallest absolute Gasteiger partial charge is 0 e. The minimum absolute atomic E-state index is 0. The van der Waals surface area contributed by atoms with Gasteiger partial charge in [-0.05, 0) is 0 Å². The van der Waals surface area contributed by atoms with Crippen molar-refractivity contribution in [1.82, 2.24) is 0 Å². The summed E-state index contributed by atoms with van der Waals surface area (Å²) in [6.07, 6.45) is 0. The van der Waals surface area contributed by atoms with Gasteiger partial charge in [0, 0.05) is 77.9 Å². The molecule has 6 N–H and O–H groups in total. The van der Waals surface area contributed by atoms with Gasteiger partial charge in [0.2, 0.25) is 0 Å². The molecule has 0 heterocycles. The van der Waals surface area contributed by atoms with Crippen molar-refractivity contribution in [3.63, 3.8) is 0 Å². The molecule has 0 aliphatic carbocycles. The average Bonchev–Trinajstić information content (AvgIpc) is 1.25. The topological polar surface area (TPSA) is 121 Å². The van der Waals surface area contributed by atoms with E-state index in [2.05, 4.69) is 0 Å². The van der Waals surface area contributed by atoms with Gasteiger partial charge in [-0.15, -0.1) is 0 Å². The maximum absolute atomic E-state index is 7.17. The zero-order chi connectivity index (χ0) is 7.15. The van der Waals surface area contributed by atoms with Gasteiger partial charge in [0.25, 0.3) is 0 Å². The zero-order valence-corrected chi connectivity index (χ0v) is 23.3. The summed E-state index contributed by atoms with van der Waals surface area (Å²) < 4.78 is 0. The van der Waals surface area contributed by atoms with Gasteiger partial charge >= 0.3 is 38.6 Å². The molecule has 0 aromatic carbocycles. The number of hydrogen-bond acceptors (Lipinski definition) is 6. The first-order valence-corrected chi connectivity index (χ1v) is 1.55. The predicted octanol–water partition coefficient (Wildman–Crippen LogP) is -5.03. The van der Waals surface area contributed by atoms with Gasteiger partial charge in [0.05, 0.1) is 0 Å². The first-order chi connectivity index (χ1) is 3.46. The molecular weight excluding hydrogens is 498 g/mol. The Bertz CT molecular complexity index is 38.1. The Hall–Kier alpha value is 3.18. The molecular formula is H8B2O6SnZn4. The van der Waals surface area contributed by atoms with E-state index in [1.807, 2.05) is 0 Å². The Morgan fingerprint density at radius 2 is 0.462 bits per heavy atom. The molecule has 0 aromatic heterocycles. The molecule has 0 rings (SSSR count). The van der Waals surface area contributed by atoms with Crippen LogP contribution in [0, 0.1) is 0 Å². The molecule has 0 fully saturated rings. The Labute approximate surface area is 145 Å². The second kappa shape index (κ2) is 36.2. The summed E-state index contributed by atoms with van der Waals surface area (Å²) >= 11 is 0. The SMILES string of the molecule is OB(O)O.OB(O)O.[SnH2].[Zn].[Zn].[Zn].[Zn]. The van der Waals surface area contributed by atoms with Gasteiger partial charge in [-0.25, -0.2) is 0 Å². The predicted molar refractivity (Wildman–Crippen MR) is 33.4 cm³/mol. The fourth-order valence-electron chi connectivity index (χ4n) is 0. The van der Waals surface area contributed by atoms with E-state index < -0.39 is 14.6 Å². The summed E-state index contributed by atoms with van der Waals surface area (Å²) in [6, 6.07) is 0. The second-order valence-corrected chi connectivity index (χ2v) is 0.693. The van der Waals surface area contributed by atoms with Crippen LogP contribution in [0.2, 0.25) is 0 Å². The van der Waals surface area contributed by atoms with Crippen molar-refractivity contribution < 1.29 is 108 Å². The normalized spacial score (nSPS) is 4.15. The molecule has 0 unspecified atom stereocenters. The number of rotatable bonds is 0. The fraction of sp³-hybridized carbons (Fsp3) is 0. The Kier molecular flexibility index (Phi) is 123. The van der Waals surface area contributed by atoms with E-state index in [0.29, 0.717) is 0 Å². The van der Waals surface area contributed by atoms with Crippen LogP contribution in [-0.2, 0) is 77.9 Å². The molecule has 0 aromatic rings. The van der Waals surface area contributed by atoms with Gasteiger partial charge in [0.1, 0.15) is 0 Å². The standard InChI is InChI=1S/2BH3O3.Sn.4Zn.2H/c2*2-1(3)4;;;;;;;/h2*2-4H;;;;;;;. The van der Waals surface area contributed by atoms with Crippen LogP contribution >= 0.6 is 0 Å². The van der Waals surface area contributed by atoms with E-state index in [1.165, 1.54) is 0 Å². The van der Waals surface area contributed by atoms with E-state index in [0.717, 1.165) is 0 Å². The Balaban J connectivity index is -0.00000000800. The van der Waals surface area contributed by atoms with Gasteiger partial charge in [0.15, 0.2) is 0 Å². The van der Waals surface area contributed by atoms with E-state index in [4.69, 9.17) is 30.1 Å². The monoisotopic (exact) mass is 502 g/mol. The van der Waals surface area contributed by atoms with Gasteiger partial charge < -0.3 is 30.1 Å². The van der Waals surface area contributed by atoms with Crippen molar-refractivity contribution >= 4 is 38.6 Å². The van der Waals surface area contributed by atoms with Crippen LogP contribution in [0.4, 0.5) is 0 Å². The van der Waals surface area contributed by atoms with Crippen molar-refractivity contribution in [3.05, 3.63) is 0 Å². The van der Waals surface area contributed by atoms with Gasteiger partial charge in [-0.3, -0.25) is 0 Å². The third-order valence-corrected chi connectivity index (χ3v) is 0. The molecule has 13 heteroatoms. The van der Waals surface area contributed by atoms with E-state index in [1.54, 1.807) is 0 Å². The average molecular weight is 506 g/mol. The fourth-order valence-corrected chi connectivity index (χ4v) is 0. The molecule has 6 nitrogen and oxygen atoms in total. The van der Waals surface area contributed by atoms with Gasteiger partial charge in [-0.2, -0.15) is 0 Å². The number of hydrogen-bond donors (Lipinski definition) is 6. The summed E-state index contributed by atoms with van der Waals surface area (Å²) in [5.41, 5.74) is 0. The summed E-state index contributed by atoms with van der Waals surface area (Å²) in [6.45, 7) is 0. The Morgan fingerprint density at radius 3 is 0.462 bits per heavy atom. The molecule has 13 heavy (non-hydrogen) atoms. The minimum Gasteiger partial charge on any atom is 0 e. The van der Waals surface area contributed by atoms with Crippen LogP contribution < -0.4 is 0 Å². The van der Waals surface area contributed by atoms with Crippen molar-refractivity contribution in [2.45, 2.75) is 0 Å². The Morgan fingerprint density at radius 1 is 0.462 bits per heavy atom. The van der Waals surface area contributed by atoms with Crippen molar-refractivity contribution in [1.29, 1.82) is 0 Å². The molecule has 2 radical (unpaired) electrons. The second-order valence-electron chi connectivity index (χ2n) is 0.693. The third kappa shape index (κ3) is 261. The van der Waals surface area contributed by atoms with Crippen LogP contribution in [0.25, 0.3) is 0 Å². The molecule has 0 saturated heterocycles. The van der Waals surface area contributed by atoms with Crippen molar-refractivity contribution in [2.75, 3.05) is 0 Å². The van der Waals surface area contributed by atoms with Crippen LogP contribution in [-0.4, -0.2) is 68.7 Å². The quantitative estimate of drug-likeness (QED) is 0.183. The van der Waals surface area contributed by atoms with E-state index in [9.17, 15) is 0 Å². The van der Waals surface area contributed by atoms with Crippen LogP contribution in [0.1, 0.15) is 0 Å². The third-order valence-electron chi connectivity index (χ3n) is 0. The molecule has 0 spiro atoms. The molecule has 62 valence electrons.